The first-order valence-electron chi connectivity index (χ1n) is 0. The van der Waals surface area contributed by atoms with Crippen molar-refractivity contribution in [1.29, 1.82) is 0 Å². The average Bonchev–Trinajstić information content (AvgIpc) is 0. The van der Waals surface area contributed by atoms with Gasteiger partial charge in [0.2, 0.25) is 0 Å². The van der Waals surface area contributed by atoms with Crippen LogP contribution in [0.3, 0.4) is 0 Å². The Balaban J connectivity index is 0. The first-order valence-corrected chi connectivity index (χ1v) is 0. The summed E-state index contributed by atoms with van der Waals surface area (Å²) in [6.07, 6.45) is 0. The molecule has 7 heteroatoms. The summed E-state index contributed by atoms with van der Waals surface area (Å²) in [6, 6.07) is 0. The van der Waals surface area contributed by atoms with Crippen LogP contribution in [0.4, 0.5) is 18.8 Å². The molecule has 51 valence electrons. The minimum absolute atomic E-state index is 0. The van der Waals surface area contributed by atoms with Gasteiger partial charge >= 0.3 is 29.6 Å². The third kappa shape index (κ3) is 45.1. The van der Waals surface area contributed by atoms with Crippen LogP contribution in [0.1, 0.15) is 1.43 Å². The SMILES string of the molecule is F.F.F.F.[H-].[Na+].[Y].[Yb]. The number of rotatable bonds is 0. The van der Waals surface area contributed by atoms with Crippen LogP contribution in [-0.4, -0.2) is 0 Å². The molecule has 7 heavy (non-hydrogen) atoms. The molecular formula is H5F4NaYYb. The maximum atomic E-state index is 0. The van der Waals surface area contributed by atoms with E-state index in [4.69, 9.17) is 0 Å². The minimum Gasteiger partial charge on any atom is -1.00 e. The third-order valence-corrected chi connectivity index (χ3v) is 0. The van der Waals surface area contributed by atoms with Gasteiger partial charge in [0.25, 0.3) is 0 Å². The largest absolute Gasteiger partial charge is 1.00 e. The Morgan fingerprint density at radius 2 is 0.714 bits per heavy atom. The van der Waals surface area contributed by atoms with Crippen molar-refractivity contribution in [1.82, 2.24) is 0 Å². The smallest absolute Gasteiger partial charge is 1.00 e. The molecule has 0 heterocycles. The molecule has 1 radical (unpaired) electrons. The molecule has 0 rings (SSSR count). The first-order chi connectivity index (χ1) is 0. The Hall–Kier alpha value is 3.34. The van der Waals surface area contributed by atoms with E-state index in [1.54, 1.807) is 0 Å². The Bertz CT molecular complexity index is 16.0. The van der Waals surface area contributed by atoms with Gasteiger partial charge in [0.1, 0.15) is 0 Å². The van der Waals surface area contributed by atoms with Gasteiger partial charge in [-0.05, 0) is 0 Å². The summed E-state index contributed by atoms with van der Waals surface area (Å²) in [4.78, 5) is 0. The molecule has 0 spiro atoms. The van der Waals surface area contributed by atoms with Crippen LogP contribution in [0.5, 0.6) is 0 Å². The fraction of sp³-hybridized carbons (Fsp3) is 0. The zero-order valence-electron chi connectivity index (χ0n) is 4.48. The molecule has 0 amide bonds. The molecule has 0 aromatic heterocycles. The van der Waals surface area contributed by atoms with Crippen molar-refractivity contribution in [2.24, 2.45) is 0 Å². The van der Waals surface area contributed by atoms with Crippen molar-refractivity contribution < 1.29 is 129 Å². The molecule has 0 nitrogen and oxygen atoms in total. The van der Waals surface area contributed by atoms with Crippen LogP contribution in [0.25, 0.3) is 0 Å². The molecule has 0 fully saturated rings. The van der Waals surface area contributed by atoms with Crippen LogP contribution in [0.15, 0.2) is 0 Å². The van der Waals surface area contributed by atoms with E-state index in [2.05, 4.69) is 0 Å². The molecule has 0 aliphatic heterocycles. The normalized spacial score (nSPS) is 0. The molecular weight excluding hydrogens is 361 g/mol. The van der Waals surface area contributed by atoms with Gasteiger partial charge in [-0.1, -0.05) is 0 Å². The zero-order chi connectivity index (χ0) is 0. The number of halogens is 4. The van der Waals surface area contributed by atoms with Crippen molar-refractivity contribution in [2.45, 2.75) is 0 Å². The Morgan fingerprint density at radius 1 is 0.714 bits per heavy atom. The van der Waals surface area contributed by atoms with E-state index in [9.17, 15) is 0 Å². The van der Waals surface area contributed by atoms with Crippen molar-refractivity contribution >= 4 is 0 Å². The van der Waals surface area contributed by atoms with Gasteiger partial charge in [-0.25, -0.2) is 0 Å². The third-order valence-electron chi connectivity index (χ3n) is 0. The van der Waals surface area contributed by atoms with E-state index in [1.165, 1.54) is 0 Å². The average molecular weight is 366 g/mol. The Labute approximate surface area is 126 Å². The van der Waals surface area contributed by atoms with Gasteiger partial charge in [-0.2, -0.15) is 0 Å². The molecule has 0 atom stereocenters. The zero-order valence-corrected chi connectivity index (χ0v) is 10.0. The van der Waals surface area contributed by atoms with Gasteiger partial charge in [0, 0.05) is 79.6 Å². The second-order valence-corrected chi connectivity index (χ2v) is 0. The van der Waals surface area contributed by atoms with Crippen LogP contribution in [0.2, 0.25) is 0 Å². The minimum atomic E-state index is 0. The van der Waals surface area contributed by atoms with E-state index >= 15 is 0 Å². The molecule has 0 aliphatic carbocycles. The summed E-state index contributed by atoms with van der Waals surface area (Å²) in [5, 5.41) is 0. The molecule has 0 N–H and O–H groups in total. The van der Waals surface area contributed by atoms with Gasteiger partial charge < -0.3 is 1.43 Å². The molecule has 0 aromatic rings. The second-order valence-electron chi connectivity index (χ2n) is 0. The topological polar surface area (TPSA) is 0 Å². The van der Waals surface area contributed by atoms with Gasteiger partial charge in [0.15, 0.2) is 0 Å². The maximum absolute atomic E-state index is 0. The van der Waals surface area contributed by atoms with Gasteiger partial charge in [0.05, 0.1) is 0 Å². The van der Waals surface area contributed by atoms with Crippen LogP contribution in [0, 0.1) is 46.9 Å². The summed E-state index contributed by atoms with van der Waals surface area (Å²) in [5.41, 5.74) is 0. The van der Waals surface area contributed by atoms with Gasteiger partial charge in [-0.15, -0.1) is 0 Å². The summed E-state index contributed by atoms with van der Waals surface area (Å²) < 4.78 is 0. The van der Waals surface area contributed by atoms with E-state index in [0.717, 1.165) is 0 Å². The van der Waals surface area contributed by atoms with Gasteiger partial charge in [-0.3, -0.25) is 18.8 Å². The molecule has 0 unspecified atom stereocenters. The van der Waals surface area contributed by atoms with Crippen LogP contribution in [-0.2, 0) is 32.7 Å². The number of hydrogen-bond acceptors (Lipinski definition) is 0. The molecule has 0 saturated carbocycles. The van der Waals surface area contributed by atoms with E-state index in [-0.39, 0.29) is 129 Å². The molecule has 0 aliphatic rings. The van der Waals surface area contributed by atoms with Crippen LogP contribution < -0.4 is 29.6 Å². The standard InChI is InChI=1S/4FH.Na.Y.Yb.H/h4*1H;;;;/q;;;;+1;;;-1. The van der Waals surface area contributed by atoms with Crippen molar-refractivity contribution in [2.75, 3.05) is 0 Å². The van der Waals surface area contributed by atoms with E-state index in [0.29, 0.717) is 0 Å². The van der Waals surface area contributed by atoms with E-state index in [1.807, 2.05) is 0 Å². The summed E-state index contributed by atoms with van der Waals surface area (Å²) in [6.45, 7) is 0. The second kappa shape index (κ2) is 58.2. The summed E-state index contributed by atoms with van der Waals surface area (Å²) in [7, 11) is 0. The predicted molar refractivity (Wildman–Crippen MR) is 11.1 cm³/mol. The summed E-state index contributed by atoms with van der Waals surface area (Å²) >= 11 is 0. The van der Waals surface area contributed by atoms with Crippen molar-refractivity contribution in [3.8, 4) is 0 Å². The molecule has 0 saturated heterocycles. The Morgan fingerprint density at radius 3 is 0.714 bits per heavy atom. The molecule has 0 bridgehead atoms. The quantitative estimate of drug-likeness (QED) is 0.335. The Kier molecular flexibility index (Phi) is 671. The number of hydrogen-bond donors (Lipinski definition) is 0. The summed E-state index contributed by atoms with van der Waals surface area (Å²) in [5.74, 6) is 0. The molecule has 0 aromatic carbocycles. The monoisotopic (exact) mass is 367 g/mol. The first kappa shape index (κ1) is 80.8. The fourth-order valence-corrected chi connectivity index (χ4v) is 0. The van der Waals surface area contributed by atoms with E-state index < -0.39 is 0 Å². The maximum Gasteiger partial charge on any atom is 1.00 e. The van der Waals surface area contributed by atoms with Crippen molar-refractivity contribution in [3.05, 3.63) is 0 Å². The van der Waals surface area contributed by atoms with Crippen LogP contribution >= 0.6 is 0 Å². The fourth-order valence-electron chi connectivity index (χ4n) is 0. The van der Waals surface area contributed by atoms with Crippen molar-refractivity contribution in [3.63, 3.8) is 0 Å². The predicted octanol–water partition coefficient (Wildman–Crippen LogP) is -2.28.